The Kier molecular flexibility index (Phi) is 5.65. The summed E-state index contributed by atoms with van der Waals surface area (Å²) >= 11 is 0. The number of benzene rings is 1. The molecule has 1 aromatic rings. The molecule has 2 N–H and O–H groups in total. The Balaban J connectivity index is 1.89. The molecule has 21 heavy (non-hydrogen) atoms. The van der Waals surface area contributed by atoms with Crippen molar-refractivity contribution in [3.8, 4) is 0 Å². The molecule has 0 radical (unpaired) electrons. The third-order valence-electron chi connectivity index (χ3n) is 4.43. The number of nitrogens with one attached hydrogen (secondary N) is 2. The predicted molar refractivity (Wildman–Crippen MR) is 86.9 cm³/mol. The molecule has 0 spiro atoms. The molecule has 0 aliphatic heterocycles. The normalized spacial score (nSPS) is 23.0. The van der Waals surface area contributed by atoms with Crippen LogP contribution in [0.4, 0.5) is 5.69 Å². The standard InChI is InChI=1S/C16H26N2O2S/c1-13-7-9-14(10-8-13)11-12-18-21(19,20)16-6-4-3-5-15(16)17-2/h3-6,13-14,17-18H,7-12H2,1-2H3. The van der Waals surface area contributed by atoms with Gasteiger partial charge in [-0.3, -0.25) is 0 Å². The summed E-state index contributed by atoms with van der Waals surface area (Å²) in [5.74, 6) is 1.50. The van der Waals surface area contributed by atoms with Crippen molar-refractivity contribution in [1.29, 1.82) is 0 Å². The monoisotopic (exact) mass is 310 g/mol. The molecule has 0 amide bonds. The highest BCUT2D eigenvalue weighted by Gasteiger charge is 2.20. The maximum atomic E-state index is 12.4. The van der Waals surface area contributed by atoms with Crippen molar-refractivity contribution in [3.05, 3.63) is 24.3 Å². The van der Waals surface area contributed by atoms with Gasteiger partial charge in [-0.15, -0.1) is 0 Å². The Morgan fingerprint density at radius 1 is 1.14 bits per heavy atom. The largest absolute Gasteiger partial charge is 0.387 e. The van der Waals surface area contributed by atoms with Crippen molar-refractivity contribution < 1.29 is 8.42 Å². The van der Waals surface area contributed by atoms with Gasteiger partial charge >= 0.3 is 0 Å². The summed E-state index contributed by atoms with van der Waals surface area (Å²) in [7, 11) is -1.69. The van der Waals surface area contributed by atoms with Crippen molar-refractivity contribution in [1.82, 2.24) is 4.72 Å². The lowest BCUT2D eigenvalue weighted by molar-refractivity contribution is 0.278. The minimum Gasteiger partial charge on any atom is -0.387 e. The first-order chi connectivity index (χ1) is 10.0. The summed E-state index contributed by atoms with van der Waals surface area (Å²) < 4.78 is 27.4. The van der Waals surface area contributed by atoms with E-state index in [1.54, 1.807) is 25.2 Å². The average Bonchev–Trinajstić information content (AvgIpc) is 2.49. The first kappa shape index (κ1) is 16.3. The fourth-order valence-electron chi connectivity index (χ4n) is 3.00. The van der Waals surface area contributed by atoms with Gasteiger partial charge in [0.1, 0.15) is 4.90 Å². The van der Waals surface area contributed by atoms with Crippen LogP contribution in [0.15, 0.2) is 29.2 Å². The molecule has 118 valence electrons. The van der Waals surface area contributed by atoms with Gasteiger partial charge in [0.15, 0.2) is 0 Å². The fourth-order valence-corrected chi connectivity index (χ4v) is 4.26. The molecule has 1 aliphatic carbocycles. The first-order valence-electron chi connectivity index (χ1n) is 7.79. The Hall–Kier alpha value is -1.07. The second-order valence-electron chi connectivity index (χ2n) is 6.06. The second kappa shape index (κ2) is 7.27. The van der Waals surface area contributed by atoms with Crippen LogP contribution in [0, 0.1) is 11.8 Å². The molecular weight excluding hydrogens is 284 g/mol. The molecule has 1 aliphatic rings. The van der Waals surface area contributed by atoms with E-state index in [2.05, 4.69) is 17.0 Å². The Labute approximate surface area is 128 Å². The van der Waals surface area contributed by atoms with E-state index in [0.29, 0.717) is 23.0 Å². The third kappa shape index (κ3) is 4.45. The van der Waals surface area contributed by atoms with E-state index >= 15 is 0 Å². The molecule has 1 aromatic carbocycles. The molecule has 0 unspecified atom stereocenters. The van der Waals surface area contributed by atoms with E-state index < -0.39 is 10.0 Å². The SMILES string of the molecule is CNc1ccccc1S(=O)(=O)NCCC1CCC(C)CC1. The van der Waals surface area contributed by atoms with Crippen LogP contribution in [-0.2, 0) is 10.0 Å². The maximum absolute atomic E-state index is 12.4. The highest BCUT2D eigenvalue weighted by molar-refractivity contribution is 7.89. The smallest absolute Gasteiger partial charge is 0.242 e. The molecular formula is C16H26N2O2S. The second-order valence-corrected chi connectivity index (χ2v) is 7.79. The highest BCUT2D eigenvalue weighted by Crippen LogP contribution is 2.30. The lowest BCUT2D eigenvalue weighted by Gasteiger charge is -2.26. The zero-order valence-corrected chi connectivity index (χ0v) is 13.7. The molecule has 0 atom stereocenters. The van der Waals surface area contributed by atoms with Crippen LogP contribution < -0.4 is 10.0 Å². The molecule has 2 rings (SSSR count). The molecule has 0 heterocycles. The minimum absolute atomic E-state index is 0.324. The van der Waals surface area contributed by atoms with Crippen LogP contribution in [0.2, 0.25) is 0 Å². The molecule has 0 bridgehead atoms. The van der Waals surface area contributed by atoms with Gasteiger partial charge in [0.2, 0.25) is 10.0 Å². The molecule has 1 saturated carbocycles. The predicted octanol–water partition coefficient (Wildman–Crippen LogP) is 3.22. The van der Waals surface area contributed by atoms with Crippen LogP contribution in [0.25, 0.3) is 0 Å². The maximum Gasteiger partial charge on any atom is 0.242 e. The van der Waals surface area contributed by atoms with E-state index in [1.807, 2.05) is 6.07 Å². The van der Waals surface area contributed by atoms with Gasteiger partial charge in [-0.05, 0) is 30.4 Å². The van der Waals surface area contributed by atoms with Crippen LogP contribution in [0.5, 0.6) is 0 Å². The lowest BCUT2D eigenvalue weighted by atomic mass is 9.81. The highest BCUT2D eigenvalue weighted by atomic mass is 32.2. The van der Waals surface area contributed by atoms with Gasteiger partial charge in [0.25, 0.3) is 0 Å². The lowest BCUT2D eigenvalue weighted by Crippen LogP contribution is -2.27. The number of hydrogen-bond acceptors (Lipinski definition) is 3. The van der Waals surface area contributed by atoms with Crippen LogP contribution in [0.1, 0.15) is 39.0 Å². The Morgan fingerprint density at radius 2 is 1.81 bits per heavy atom. The van der Waals surface area contributed by atoms with Gasteiger partial charge in [-0.25, -0.2) is 13.1 Å². The van der Waals surface area contributed by atoms with E-state index in [0.717, 1.165) is 12.3 Å². The molecule has 1 fully saturated rings. The third-order valence-corrected chi connectivity index (χ3v) is 5.95. The zero-order chi connectivity index (χ0) is 15.3. The molecule has 0 aromatic heterocycles. The summed E-state index contributed by atoms with van der Waals surface area (Å²) in [4.78, 5) is 0.324. The van der Waals surface area contributed by atoms with E-state index in [-0.39, 0.29) is 0 Å². The van der Waals surface area contributed by atoms with Crippen molar-refractivity contribution >= 4 is 15.7 Å². The molecule has 4 nitrogen and oxygen atoms in total. The summed E-state index contributed by atoms with van der Waals surface area (Å²) in [6.07, 6.45) is 5.96. The topological polar surface area (TPSA) is 58.2 Å². The zero-order valence-electron chi connectivity index (χ0n) is 12.9. The van der Waals surface area contributed by atoms with Crippen molar-refractivity contribution in [2.24, 2.45) is 11.8 Å². The summed E-state index contributed by atoms with van der Waals surface area (Å²) in [6.45, 7) is 2.83. The van der Waals surface area contributed by atoms with E-state index in [9.17, 15) is 8.42 Å². The average molecular weight is 310 g/mol. The van der Waals surface area contributed by atoms with Gasteiger partial charge in [0, 0.05) is 13.6 Å². The Morgan fingerprint density at radius 3 is 2.48 bits per heavy atom. The van der Waals surface area contributed by atoms with E-state index in [1.165, 1.54) is 25.7 Å². The van der Waals surface area contributed by atoms with Gasteiger partial charge in [-0.1, -0.05) is 44.7 Å². The van der Waals surface area contributed by atoms with Gasteiger partial charge in [-0.2, -0.15) is 0 Å². The summed E-state index contributed by atoms with van der Waals surface area (Å²) in [5.41, 5.74) is 0.636. The summed E-state index contributed by atoms with van der Waals surface area (Å²) in [5, 5.41) is 2.93. The number of anilines is 1. The van der Waals surface area contributed by atoms with Crippen molar-refractivity contribution in [2.75, 3.05) is 18.9 Å². The van der Waals surface area contributed by atoms with Crippen LogP contribution >= 0.6 is 0 Å². The minimum atomic E-state index is -3.43. The quantitative estimate of drug-likeness (QED) is 0.848. The van der Waals surface area contributed by atoms with Gasteiger partial charge in [0.05, 0.1) is 5.69 Å². The fraction of sp³-hybridized carbons (Fsp3) is 0.625. The molecule has 5 heteroatoms. The van der Waals surface area contributed by atoms with Crippen molar-refractivity contribution in [2.45, 2.75) is 43.9 Å². The first-order valence-corrected chi connectivity index (χ1v) is 9.27. The number of hydrogen-bond donors (Lipinski definition) is 2. The van der Waals surface area contributed by atoms with Crippen LogP contribution in [-0.4, -0.2) is 22.0 Å². The number of para-hydroxylation sites is 1. The van der Waals surface area contributed by atoms with Crippen molar-refractivity contribution in [3.63, 3.8) is 0 Å². The molecule has 0 saturated heterocycles. The van der Waals surface area contributed by atoms with Crippen LogP contribution in [0.3, 0.4) is 0 Å². The number of rotatable bonds is 6. The number of sulfonamides is 1. The Bertz CT molecular complexity index is 549. The van der Waals surface area contributed by atoms with Gasteiger partial charge < -0.3 is 5.32 Å². The summed E-state index contributed by atoms with van der Waals surface area (Å²) in [6, 6.07) is 6.99. The van der Waals surface area contributed by atoms with E-state index in [4.69, 9.17) is 0 Å².